The van der Waals surface area contributed by atoms with E-state index in [1.807, 2.05) is 6.92 Å². The lowest BCUT2D eigenvalue weighted by atomic mass is 10.1. The fourth-order valence-electron chi connectivity index (χ4n) is 1.31. The summed E-state index contributed by atoms with van der Waals surface area (Å²) in [6.07, 6.45) is 8.24. The quantitative estimate of drug-likeness (QED) is 0.402. The predicted octanol–water partition coefficient (Wildman–Crippen LogP) is 3.89. The molecule has 0 amide bonds. The Morgan fingerprint density at radius 1 is 1.08 bits per heavy atom. The second-order valence-corrected chi connectivity index (χ2v) is 3.37. The molecule has 0 N–H and O–H groups in total. The van der Waals surface area contributed by atoms with Gasteiger partial charge in [0.1, 0.15) is 0 Å². The van der Waals surface area contributed by atoms with Gasteiger partial charge in [-0.15, -0.1) is 0 Å². The predicted molar refractivity (Wildman–Crippen MR) is 53.3 cm³/mol. The molecule has 72 valence electrons. The SMILES string of the molecule is CCCCCCCC(CC)N=O. The molecule has 0 bridgehead atoms. The van der Waals surface area contributed by atoms with Crippen LogP contribution in [-0.2, 0) is 0 Å². The smallest absolute Gasteiger partial charge is 0.0917 e. The van der Waals surface area contributed by atoms with Crippen LogP contribution in [0, 0.1) is 4.91 Å². The zero-order valence-corrected chi connectivity index (χ0v) is 8.38. The lowest BCUT2D eigenvalue weighted by Gasteiger charge is -2.04. The normalized spacial score (nSPS) is 12.8. The van der Waals surface area contributed by atoms with Crippen LogP contribution in [0.4, 0.5) is 0 Å². The molecule has 0 aromatic carbocycles. The molecule has 2 nitrogen and oxygen atoms in total. The zero-order chi connectivity index (χ0) is 9.23. The summed E-state index contributed by atoms with van der Waals surface area (Å²) in [6.45, 7) is 4.24. The monoisotopic (exact) mass is 171 g/mol. The first-order chi connectivity index (χ1) is 5.85. The van der Waals surface area contributed by atoms with Crippen LogP contribution < -0.4 is 0 Å². The molecule has 0 heterocycles. The van der Waals surface area contributed by atoms with Crippen molar-refractivity contribution >= 4 is 0 Å². The molecule has 0 saturated heterocycles. The van der Waals surface area contributed by atoms with Gasteiger partial charge in [0.15, 0.2) is 0 Å². The van der Waals surface area contributed by atoms with Crippen LogP contribution >= 0.6 is 0 Å². The molecule has 0 spiro atoms. The van der Waals surface area contributed by atoms with Crippen molar-refractivity contribution in [1.82, 2.24) is 0 Å². The highest BCUT2D eigenvalue weighted by Crippen LogP contribution is 2.10. The van der Waals surface area contributed by atoms with E-state index in [0.717, 1.165) is 12.8 Å². The largest absolute Gasteiger partial charge is 0.151 e. The summed E-state index contributed by atoms with van der Waals surface area (Å²) in [5.41, 5.74) is 0. The molecule has 12 heavy (non-hydrogen) atoms. The summed E-state index contributed by atoms with van der Waals surface area (Å²) < 4.78 is 0. The van der Waals surface area contributed by atoms with Crippen LogP contribution in [0.5, 0.6) is 0 Å². The van der Waals surface area contributed by atoms with Crippen LogP contribution in [0.25, 0.3) is 0 Å². The van der Waals surface area contributed by atoms with E-state index >= 15 is 0 Å². The molecule has 0 fully saturated rings. The maximum Gasteiger partial charge on any atom is 0.0917 e. The number of unbranched alkanes of at least 4 members (excludes halogenated alkanes) is 4. The molecule has 0 rings (SSSR count). The standard InChI is InChI=1S/C10H21NO/c1-3-5-6-7-8-9-10(4-2)11-12/h10H,3-9H2,1-2H3. The third kappa shape index (κ3) is 6.32. The van der Waals surface area contributed by atoms with Gasteiger partial charge >= 0.3 is 0 Å². The van der Waals surface area contributed by atoms with Gasteiger partial charge in [-0.25, -0.2) is 0 Å². The number of rotatable bonds is 8. The van der Waals surface area contributed by atoms with Gasteiger partial charge < -0.3 is 0 Å². The van der Waals surface area contributed by atoms with E-state index < -0.39 is 0 Å². The van der Waals surface area contributed by atoms with E-state index in [0.29, 0.717) is 0 Å². The summed E-state index contributed by atoms with van der Waals surface area (Å²) >= 11 is 0. The number of hydrogen-bond donors (Lipinski definition) is 0. The third-order valence-corrected chi connectivity index (χ3v) is 2.26. The Morgan fingerprint density at radius 3 is 2.25 bits per heavy atom. The number of nitrogens with zero attached hydrogens (tertiary/aromatic N) is 1. The van der Waals surface area contributed by atoms with E-state index in [-0.39, 0.29) is 6.04 Å². The Balaban J connectivity index is 3.12. The molecule has 0 aliphatic heterocycles. The summed E-state index contributed by atoms with van der Waals surface area (Å²) in [6, 6.07) is 0.0756. The molecule has 0 aliphatic carbocycles. The van der Waals surface area contributed by atoms with Crippen molar-refractivity contribution in [3.8, 4) is 0 Å². The van der Waals surface area contributed by atoms with Crippen molar-refractivity contribution < 1.29 is 0 Å². The molecule has 1 atom stereocenters. The van der Waals surface area contributed by atoms with Gasteiger partial charge in [-0.3, -0.25) is 0 Å². The lowest BCUT2D eigenvalue weighted by Crippen LogP contribution is -2.00. The van der Waals surface area contributed by atoms with Crippen LogP contribution in [0.15, 0.2) is 5.18 Å². The molecular weight excluding hydrogens is 150 g/mol. The van der Waals surface area contributed by atoms with Crippen LogP contribution in [-0.4, -0.2) is 6.04 Å². The fourth-order valence-corrected chi connectivity index (χ4v) is 1.31. The third-order valence-electron chi connectivity index (χ3n) is 2.26. The van der Waals surface area contributed by atoms with Crippen molar-refractivity contribution in [2.45, 2.75) is 64.8 Å². The van der Waals surface area contributed by atoms with Gasteiger partial charge in [-0.2, -0.15) is 4.91 Å². The van der Waals surface area contributed by atoms with E-state index in [9.17, 15) is 4.91 Å². The maximum atomic E-state index is 10.2. The van der Waals surface area contributed by atoms with Crippen molar-refractivity contribution in [3.63, 3.8) is 0 Å². The highest BCUT2D eigenvalue weighted by Gasteiger charge is 2.03. The van der Waals surface area contributed by atoms with Gasteiger partial charge in [0.25, 0.3) is 0 Å². The van der Waals surface area contributed by atoms with E-state index in [1.54, 1.807) is 0 Å². The summed E-state index contributed by atoms with van der Waals surface area (Å²) in [4.78, 5) is 10.2. The van der Waals surface area contributed by atoms with E-state index in [4.69, 9.17) is 0 Å². The van der Waals surface area contributed by atoms with Gasteiger partial charge in [-0.1, -0.05) is 51.1 Å². The summed E-state index contributed by atoms with van der Waals surface area (Å²) in [5, 5.41) is 3.07. The number of nitroso groups, excluding NO2 is 1. The Kier molecular flexibility index (Phi) is 8.40. The summed E-state index contributed by atoms with van der Waals surface area (Å²) in [5.74, 6) is 0. The topological polar surface area (TPSA) is 29.4 Å². The molecule has 0 radical (unpaired) electrons. The van der Waals surface area contributed by atoms with Gasteiger partial charge in [0, 0.05) is 0 Å². The minimum Gasteiger partial charge on any atom is -0.151 e. The van der Waals surface area contributed by atoms with E-state index in [1.165, 1.54) is 32.1 Å². The lowest BCUT2D eigenvalue weighted by molar-refractivity contribution is 0.530. The van der Waals surface area contributed by atoms with Crippen molar-refractivity contribution in [3.05, 3.63) is 4.91 Å². The fraction of sp³-hybridized carbons (Fsp3) is 1.00. The first-order valence-corrected chi connectivity index (χ1v) is 5.17. The molecule has 1 unspecified atom stereocenters. The molecule has 0 aliphatic rings. The molecular formula is C10H21NO. The number of hydrogen-bond acceptors (Lipinski definition) is 2. The van der Waals surface area contributed by atoms with Crippen LogP contribution in [0.1, 0.15) is 58.8 Å². The molecule has 0 aromatic rings. The Hall–Kier alpha value is -0.400. The van der Waals surface area contributed by atoms with Gasteiger partial charge in [0.2, 0.25) is 0 Å². The Labute approximate surface area is 75.7 Å². The first-order valence-electron chi connectivity index (χ1n) is 5.17. The summed E-state index contributed by atoms with van der Waals surface area (Å²) in [7, 11) is 0. The van der Waals surface area contributed by atoms with Crippen LogP contribution in [0.2, 0.25) is 0 Å². The molecule has 0 saturated carbocycles. The van der Waals surface area contributed by atoms with Crippen molar-refractivity contribution in [2.75, 3.05) is 0 Å². The van der Waals surface area contributed by atoms with Gasteiger partial charge in [0.05, 0.1) is 6.04 Å². The van der Waals surface area contributed by atoms with Gasteiger partial charge in [-0.05, 0) is 12.8 Å². The average molecular weight is 171 g/mol. The molecule has 0 aromatic heterocycles. The van der Waals surface area contributed by atoms with E-state index in [2.05, 4.69) is 12.1 Å². The highest BCUT2D eigenvalue weighted by atomic mass is 16.3. The first kappa shape index (κ1) is 11.6. The van der Waals surface area contributed by atoms with Crippen molar-refractivity contribution in [2.24, 2.45) is 5.18 Å². The Morgan fingerprint density at radius 2 is 1.75 bits per heavy atom. The maximum absolute atomic E-state index is 10.2. The molecule has 2 heteroatoms. The van der Waals surface area contributed by atoms with Crippen LogP contribution in [0.3, 0.4) is 0 Å². The van der Waals surface area contributed by atoms with Crippen molar-refractivity contribution in [1.29, 1.82) is 0 Å². The zero-order valence-electron chi connectivity index (χ0n) is 8.38. The Bertz CT molecular complexity index is 104. The second-order valence-electron chi connectivity index (χ2n) is 3.37. The minimum atomic E-state index is 0.0756. The minimum absolute atomic E-state index is 0.0756. The second kappa shape index (κ2) is 8.69. The highest BCUT2D eigenvalue weighted by molar-refractivity contribution is 4.62. The average Bonchev–Trinajstić information content (AvgIpc) is 2.11.